The molecule has 9 aromatic rings. The molecule has 0 radical (unpaired) electrons. The molecule has 4 amide bonds. The van der Waals surface area contributed by atoms with E-state index in [0.717, 1.165) is 180 Å². The number of thiophene rings is 8. The molecule has 126 heavy (non-hydrogen) atoms. The van der Waals surface area contributed by atoms with E-state index in [4.69, 9.17) is 9.47 Å². The van der Waals surface area contributed by atoms with Crippen molar-refractivity contribution in [2.75, 3.05) is 40.4 Å². The number of hydrogen-bond acceptors (Lipinski definition) is 18. The molecule has 22 heteroatoms. The highest BCUT2D eigenvalue weighted by Gasteiger charge is 2.52. The van der Waals surface area contributed by atoms with Gasteiger partial charge < -0.3 is 29.1 Å². The molecule has 6 unspecified atom stereocenters. The van der Waals surface area contributed by atoms with Gasteiger partial charge in [-0.25, -0.2) is 9.59 Å². The van der Waals surface area contributed by atoms with Gasteiger partial charge in [-0.1, -0.05) is 212 Å². The lowest BCUT2D eigenvalue weighted by Crippen LogP contribution is -2.34. The van der Waals surface area contributed by atoms with Crippen LogP contribution in [0.1, 0.15) is 276 Å². The largest absolute Gasteiger partial charge is 0.465 e. The van der Waals surface area contributed by atoms with Gasteiger partial charge in [0.2, 0.25) is 0 Å². The van der Waals surface area contributed by atoms with Crippen molar-refractivity contribution in [3.8, 4) is 52.5 Å². The molecule has 0 saturated heterocycles. The van der Waals surface area contributed by atoms with Crippen molar-refractivity contribution in [3.05, 3.63) is 157 Å². The first-order chi connectivity index (χ1) is 61.2. The van der Waals surface area contributed by atoms with Crippen molar-refractivity contribution in [1.29, 1.82) is 10.5 Å². The number of carbonyl (C=O) groups excluding carboxylic acids is 6. The third kappa shape index (κ3) is 20.3. The summed E-state index contributed by atoms with van der Waals surface area (Å²) >= 11 is 13.5. The van der Waals surface area contributed by atoms with E-state index in [1.54, 1.807) is 22.7 Å². The van der Waals surface area contributed by atoms with Crippen LogP contribution in [0.25, 0.3) is 95.5 Å². The second kappa shape index (κ2) is 44.3. The summed E-state index contributed by atoms with van der Waals surface area (Å²) in [5, 5.41) is 22.5. The third-order valence-corrected chi connectivity index (χ3v) is 35.4. The van der Waals surface area contributed by atoms with E-state index in [-0.39, 0.29) is 58.4 Å². The number of unbranched alkanes of at least 4 members (excludes halogenated alkanes) is 6. The average Bonchev–Trinajstić information content (AvgIpc) is 1.54. The van der Waals surface area contributed by atoms with Gasteiger partial charge in [-0.3, -0.25) is 19.2 Å². The molecule has 0 aliphatic carbocycles. The quantitative estimate of drug-likeness (QED) is 0.0202. The standard InChI is InChI=1S/C104H124N6O8S8/c1-15-27-33-63(21-7)51-71-39-43-79(119-71)87-75-55-85(77-47-49-83(123-77)95-91-89(99(111)109(95)61-67(25-11)37-31-19-5)93(107(101(91)113)59-65(23-9)35-29-17-3)81-45-41-73(121-81)53-69(57-105)103(115)117-13)126-98(75)88(80-44-40-72(120-80)52-64(22-8)34-28-16-2)76-56-86(125-97(76)87)78-48-50-84(124-78)96-92-90(100(112)110(96)62-68(26-12)38-32-20-6)94(108(102(92)114)60-66(24-10)36-30-18-4)82-46-42-74(122-82)54-70(58-106)104(116)118-14/h39-50,53-56,63-68H,15-38,51-52,59-62H2,1-14H3/b69-53+,70-54+. The summed E-state index contributed by atoms with van der Waals surface area (Å²) in [6.45, 7) is 28.6. The molecular weight excluding hydrogens is 1720 g/mol. The molecule has 666 valence electrons. The van der Waals surface area contributed by atoms with E-state index in [9.17, 15) is 20.1 Å². The number of nitriles is 2. The summed E-state index contributed by atoms with van der Waals surface area (Å²) in [5.74, 6) is -0.348. The van der Waals surface area contributed by atoms with E-state index in [1.807, 2.05) is 101 Å². The Hall–Kier alpha value is -8.42. The van der Waals surface area contributed by atoms with E-state index in [1.165, 1.54) is 126 Å². The summed E-state index contributed by atoms with van der Waals surface area (Å²) in [4.78, 5) is 112. The normalized spacial score (nSPS) is 16.0. The van der Waals surface area contributed by atoms with Crippen LogP contribution < -0.4 is 0 Å². The Morgan fingerprint density at radius 1 is 0.341 bits per heavy atom. The second-order valence-corrected chi connectivity index (χ2v) is 43.3. The number of nitrogens with zero attached hydrogens (tertiary/aromatic N) is 6. The molecule has 4 aliphatic rings. The number of carbonyl (C=O) groups is 6. The van der Waals surface area contributed by atoms with Crippen molar-refractivity contribution in [2.45, 2.75) is 250 Å². The van der Waals surface area contributed by atoms with Crippen molar-refractivity contribution >= 4 is 181 Å². The first-order valence-electron chi connectivity index (χ1n) is 46.5. The minimum atomic E-state index is -0.736. The fraction of sp³-hybridized carbons (Fsp3) is 0.481. The zero-order valence-electron chi connectivity index (χ0n) is 76.1. The van der Waals surface area contributed by atoms with Gasteiger partial charge in [-0.2, -0.15) is 10.5 Å². The Kier molecular flexibility index (Phi) is 33.4. The van der Waals surface area contributed by atoms with Crippen LogP contribution in [-0.2, 0) is 51.1 Å². The smallest absolute Gasteiger partial charge is 0.348 e. The van der Waals surface area contributed by atoms with Crippen molar-refractivity contribution in [2.24, 2.45) is 35.5 Å². The van der Waals surface area contributed by atoms with Gasteiger partial charge in [0.15, 0.2) is 0 Å². The third-order valence-electron chi connectivity index (χ3n) is 26.1. The monoisotopic (exact) mass is 1840 g/mol. The van der Waals surface area contributed by atoms with Gasteiger partial charge in [0, 0.05) is 106 Å². The van der Waals surface area contributed by atoms with Gasteiger partial charge in [-0.15, -0.1) is 90.7 Å². The molecule has 8 aromatic heterocycles. The van der Waals surface area contributed by atoms with Crippen LogP contribution >= 0.6 is 90.7 Å². The fourth-order valence-electron chi connectivity index (χ4n) is 18.5. The van der Waals surface area contributed by atoms with Crippen LogP contribution in [0, 0.1) is 58.2 Å². The van der Waals surface area contributed by atoms with E-state index >= 15 is 19.2 Å². The van der Waals surface area contributed by atoms with E-state index < -0.39 is 11.9 Å². The van der Waals surface area contributed by atoms with Gasteiger partial charge in [0.25, 0.3) is 23.6 Å². The molecule has 1 aromatic carbocycles. The maximum atomic E-state index is 16.1. The minimum absolute atomic E-state index is 0.141. The summed E-state index contributed by atoms with van der Waals surface area (Å²) in [7, 11) is 2.52. The van der Waals surface area contributed by atoms with E-state index in [2.05, 4.69) is 144 Å². The highest BCUT2D eigenvalue weighted by Crippen LogP contribution is 2.58. The topological polar surface area (TPSA) is 181 Å². The lowest BCUT2D eigenvalue weighted by Gasteiger charge is -2.29. The number of ether oxygens (including phenoxy) is 2. The predicted octanol–water partition coefficient (Wildman–Crippen LogP) is 29.3. The Labute approximate surface area is 779 Å². The Bertz CT molecular complexity index is 5350. The second-order valence-electron chi connectivity index (χ2n) is 34.5. The zero-order chi connectivity index (χ0) is 89.6. The number of hydrogen-bond donors (Lipinski definition) is 0. The first-order valence-corrected chi connectivity index (χ1v) is 53.1. The van der Waals surface area contributed by atoms with Crippen LogP contribution in [0.4, 0.5) is 0 Å². The molecule has 0 spiro atoms. The predicted molar refractivity (Wildman–Crippen MR) is 532 cm³/mol. The maximum absolute atomic E-state index is 16.1. The molecule has 12 heterocycles. The van der Waals surface area contributed by atoms with Gasteiger partial charge in [0.1, 0.15) is 23.3 Å². The number of methoxy groups -OCH3 is 2. The minimum Gasteiger partial charge on any atom is -0.465 e. The molecule has 0 saturated carbocycles. The number of benzene rings is 1. The van der Waals surface area contributed by atoms with Gasteiger partial charge in [-0.05, 0) is 171 Å². The summed E-state index contributed by atoms with van der Waals surface area (Å²) < 4.78 is 12.4. The number of esters is 2. The Morgan fingerprint density at radius 3 is 0.889 bits per heavy atom. The Morgan fingerprint density at radius 2 is 0.611 bits per heavy atom. The summed E-state index contributed by atoms with van der Waals surface area (Å²) in [5.41, 5.74) is 6.35. The molecule has 0 N–H and O–H groups in total. The molecule has 0 fully saturated rings. The Balaban J connectivity index is 1.02. The summed E-state index contributed by atoms with van der Waals surface area (Å²) in [6.07, 6.45) is 29.7. The van der Waals surface area contributed by atoms with Crippen LogP contribution in [-0.4, -0.2) is 95.6 Å². The highest BCUT2D eigenvalue weighted by atomic mass is 32.1. The maximum Gasteiger partial charge on any atom is 0.348 e. The summed E-state index contributed by atoms with van der Waals surface area (Å²) in [6, 6.07) is 34.7. The SMILES string of the molecule is CCCCC(CC)Cc1ccc(-c2c3cc(-c4ccc(C5=C6C(=O)N(CC(CC)CCCC)C(c7ccc(/C=C(\C#N)C(=O)OC)s7)=C6C(=O)N5CC(CC)CCCC)s4)sc3c(-c3ccc(CC(CC)CCCC)s3)c3cc(-c4ccc(C5=C6C(=O)N(CC(CC)CCCC)C(c7ccc(/C=C(\C#N)C(=O)OC)s7)=C6C(=O)N5CC(CC)CCCC)s4)sc23)s1. The highest BCUT2D eigenvalue weighted by molar-refractivity contribution is 7.29. The molecule has 6 atom stereocenters. The molecule has 4 aliphatic heterocycles. The number of rotatable bonds is 48. The number of fused-ring (bicyclic) bond motifs is 4. The lowest BCUT2D eigenvalue weighted by atomic mass is 9.95. The van der Waals surface area contributed by atoms with Crippen LogP contribution in [0.15, 0.2) is 118 Å². The van der Waals surface area contributed by atoms with Crippen molar-refractivity contribution in [1.82, 2.24) is 19.6 Å². The van der Waals surface area contributed by atoms with Crippen LogP contribution in [0.2, 0.25) is 0 Å². The van der Waals surface area contributed by atoms with E-state index in [0.29, 0.717) is 92.8 Å². The van der Waals surface area contributed by atoms with Crippen LogP contribution in [0.3, 0.4) is 0 Å². The molecule has 13 rings (SSSR count). The fourth-order valence-corrected chi connectivity index (χ4v) is 27.8. The van der Waals surface area contributed by atoms with Crippen LogP contribution in [0.5, 0.6) is 0 Å². The van der Waals surface area contributed by atoms with Crippen molar-refractivity contribution < 1.29 is 38.2 Å². The molecular formula is C104H124N6O8S8. The zero-order valence-corrected chi connectivity index (χ0v) is 82.7. The average molecular weight is 1840 g/mol. The lowest BCUT2D eigenvalue weighted by molar-refractivity contribution is -0.136. The van der Waals surface area contributed by atoms with Crippen molar-refractivity contribution in [3.63, 3.8) is 0 Å². The first kappa shape index (κ1) is 95.2. The number of amides is 4. The van der Waals surface area contributed by atoms with Gasteiger partial charge >= 0.3 is 11.9 Å². The molecule has 14 nitrogen and oxygen atoms in total. The van der Waals surface area contributed by atoms with Gasteiger partial charge in [0.05, 0.1) is 78.8 Å². The molecule has 0 bridgehead atoms.